The Morgan fingerprint density at radius 3 is 2.52 bits per heavy atom. The summed E-state index contributed by atoms with van der Waals surface area (Å²) in [6.07, 6.45) is 2.49. The van der Waals surface area contributed by atoms with E-state index in [9.17, 15) is 0 Å². The largest absolute Gasteiger partial charge is 0.380 e. The molecule has 5 nitrogen and oxygen atoms in total. The first-order valence-corrected chi connectivity index (χ1v) is 10.1. The first-order valence-electron chi connectivity index (χ1n) is 10.1. The fourth-order valence-corrected chi connectivity index (χ4v) is 3.79. The summed E-state index contributed by atoms with van der Waals surface area (Å²) in [6, 6.07) is 19.6. The van der Waals surface area contributed by atoms with Gasteiger partial charge >= 0.3 is 0 Å². The number of likely N-dealkylation sites (tertiary alicyclic amines) is 1. The van der Waals surface area contributed by atoms with Crippen LogP contribution in [0.5, 0.6) is 0 Å². The molecule has 1 atom stereocenters. The van der Waals surface area contributed by atoms with Crippen LogP contribution in [0.25, 0.3) is 0 Å². The van der Waals surface area contributed by atoms with E-state index in [1.807, 2.05) is 13.1 Å². The molecule has 1 fully saturated rings. The Hall–Kier alpha value is -1.64. The van der Waals surface area contributed by atoms with Crippen molar-refractivity contribution in [1.82, 2.24) is 15.5 Å². The van der Waals surface area contributed by atoms with Crippen LogP contribution in [-0.2, 0) is 24.4 Å². The van der Waals surface area contributed by atoms with Crippen molar-refractivity contribution in [3.05, 3.63) is 71.3 Å². The molecular weight excluding hydrogens is 475 g/mol. The van der Waals surface area contributed by atoms with E-state index in [1.54, 1.807) is 7.11 Å². The Kier molecular flexibility index (Phi) is 10.5. The van der Waals surface area contributed by atoms with E-state index in [4.69, 9.17) is 4.74 Å². The lowest BCUT2D eigenvalue weighted by Gasteiger charge is -2.25. The molecule has 3 rings (SSSR count). The van der Waals surface area contributed by atoms with E-state index in [0.717, 1.165) is 32.1 Å². The Labute approximate surface area is 192 Å². The molecule has 29 heavy (non-hydrogen) atoms. The molecule has 0 radical (unpaired) electrons. The molecule has 158 valence electrons. The number of hydrogen-bond donors (Lipinski definition) is 2. The molecule has 2 aromatic rings. The van der Waals surface area contributed by atoms with Crippen molar-refractivity contribution in [1.29, 1.82) is 0 Å². The number of hydrogen-bond acceptors (Lipinski definition) is 3. The zero-order chi connectivity index (χ0) is 19.6. The normalized spacial score (nSPS) is 17.0. The summed E-state index contributed by atoms with van der Waals surface area (Å²) in [7, 11) is 3.56. The van der Waals surface area contributed by atoms with Crippen LogP contribution in [0.2, 0.25) is 0 Å². The Morgan fingerprint density at radius 1 is 1.07 bits per heavy atom. The SMILES string of the molecule is CN=C(NCc1ccccc1COC)NCC1CCCN1Cc1ccccc1.I. The van der Waals surface area contributed by atoms with Gasteiger partial charge in [-0.15, -0.1) is 24.0 Å². The van der Waals surface area contributed by atoms with Crippen LogP contribution < -0.4 is 10.6 Å². The number of aliphatic imine (C=N–C) groups is 1. The lowest BCUT2D eigenvalue weighted by Crippen LogP contribution is -2.44. The summed E-state index contributed by atoms with van der Waals surface area (Å²) in [5, 5.41) is 6.95. The second-order valence-corrected chi connectivity index (χ2v) is 7.26. The molecule has 1 aliphatic heterocycles. The standard InChI is InChI=1S/C23H32N4O.HI/c1-24-23(25-15-20-11-6-7-12-21(20)18-28-2)26-16-22-13-8-14-27(22)17-19-9-4-3-5-10-19;/h3-7,9-12,22H,8,13-18H2,1-2H3,(H2,24,25,26);1H. The van der Waals surface area contributed by atoms with Gasteiger partial charge in [-0.1, -0.05) is 54.6 Å². The van der Waals surface area contributed by atoms with Crippen LogP contribution in [-0.4, -0.2) is 44.1 Å². The molecule has 6 heteroatoms. The van der Waals surface area contributed by atoms with E-state index < -0.39 is 0 Å². The smallest absolute Gasteiger partial charge is 0.191 e. The summed E-state index contributed by atoms with van der Waals surface area (Å²) in [6.45, 7) is 4.45. The Morgan fingerprint density at radius 2 is 1.79 bits per heavy atom. The van der Waals surface area contributed by atoms with Gasteiger partial charge in [0.25, 0.3) is 0 Å². The van der Waals surface area contributed by atoms with E-state index >= 15 is 0 Å². The highest BCUT2D eigenvalue weighted by Gasteiger charge is 2.24. The van der Waals surface area contributed by atoms with Gasteiger partial charge in [0.05, 0.1) is 6.61 Å². The summed E-state index contributed by atoms with van der Waals surface area (Å²) in [5.74, 6) is 0.846. The van der Waals surface area contributed by atoms with Crippen molar-refractivity contribution in [2.24, 2.45) is 4.99 Å². The minimum Gasteiger partial charge on any atom is -0.380 e. The Bertz CT molecular complexity index is 754. The maximum absolute atomic E-state index is 5.30. The van der Waals surface area contributed by atoms with Crippen LogP contribution in [0.1, 0.15) is 29.5 Å². The zero-order valence-electron chi connectivity index (χ0n) is 17.4. The zero-order valence-corrected chi connectivity index (χ0v) is 19.8. The highest BCUT2D eigenvalue weighted by molar-refractivity contribution is 14.0. The number of halogens is 1. The van der Waals surface area contributed by atoms with Crippen LogP contribution in [0.4, 0.5) is 0 Å². The third kappa shape index (κ3) is 7.28. The van der Waals surface area contributed by atoms with E-state index in [-0.39, 0.29) is 24.0 Å². The Balaban J connectivity index is 0.00000300. The number of guanidine groups is 1. The van der Waals surface area contributed by atoms with Gasteiger partial charge < -0.3 is 15.4 Å². The molecule has 0 aromatic heterocycles. The predicted octanol–water partition coefficient (Wildman–Crippen LogP) is 3.78. The number of nitrogens with one attached hydrogen (secondary N) is 2. The molecule has 1 heterocycles. The summed E-state index contributed by atoms with van der Waals surface area (Å²) in [5.41, 5.74) is 3.82. The number of ether oxygens (including phenoxy) is 1. The topological polar surface area (TPSA) is 48.9 Å². The highest BCUT2D eigenvalue weighted by atomic mass is 127. The van der Waals surface area contributed by atoms with Gasteiger partial charge in [0, 0.05) is 39.8 Å². The quantitative estimate of drug-likeness (QED) is 0.324. The van der Waals surface area contributed by atoms with Gasteiger partial charge in [-0.25, -0.2) is 0 Å². The molecule has 2 N–H and O–H groups in total. The van der Waals surface area contributed by atoms with Gasteiger partial charge in [-0.3, -0.25) is 9.89 Å². The van der Waals surface area contributed by atoms with Crippen LogP contribution in [0.3, 0.4) is 0 Å². The first kappa shape index (κ1) is 23.6. The van der Waals surface area contributed by atoms with Gasteiger partial charge in [0.15, 0.2) is 5.96 Å². The van der Waals surface area contributed by atoms with Crippen molar-refractivity contribution in [2.75, 3.05) is 27.2 Å². The fourth-order valence-electron chi connectivity index (χ4n) is 3.79. The summed E-state index contributed by atoms with van der Waals surface area (Å²) >= 11 is 0. The molecule has 2 aromatic carbocycles. The van der Waals surface area contributed by atoms with Gasteiger partial charge in [0.2, 0.25) is 0 Å². The van der Waals surface area contributed by atoms with Crippen LogP contribution in [0.15, 0.2) is 59.6 Å². The minimum atomic E-state index is 0. The molecule has 1 saturated heterocycles. The highest BCUT2D eigenvalue weighted by Crippen LogP contribution is 2.19. The average Bonchev–Trinajstić information content (AvgIpc) is 3.17. The molecule has 0 spiro atoms. The third-order valence-corrected chi connectivity index (χ3v) is 5.32. The van der Waals surface area contributed by atoms with Gasteiger partial charge in [0.1, 0.15) is 0 Å². The maximum Gasteiger partial charge on any atom is 0.191 e. The first-order chi connectivity index (χ1) is 13.8. The van der Waals surface area contributed by atoms with E-state index in [2.05, 4.69) is 69.1 Å². The molecule has 0 saturated carbocycles. The molecule has 0 amide bonds. The molecule has 1 aliphatic rings. The van der Waals surface area contributed by atoms with Gasteiger partial charge in [-0.2, -0.15) is 0 Å². The van der Waals surface area contributed by atoms with Crippen molar-refractivity contribution in [3.8, 4) is 0 Å². The van der Waals surface area contributed by atoms with Crippen molar-refractivity contribution < 1.29 is 4.74 Å². The minimum absolute atomic E-state index is 0. The summed E-state index contributed by atoms with van der Waals surface area (Å²) in [4.78, 5) is 6.97. The van der Waals surface area contributed by atoms with Crippen molar-refractivity contribution in [3.63, 3.8) is 0 Å². The lowest BCUT2D eigenvalue weighted by atomic mass is 10.1. The average molecular weight is 508 g/mol. The predicted molar refractivity (Wildman–Crippen MR) is 131 cm³/mol. The van der Waals surface area contributed by atoms with Crippen molar-refractivity contribution in [2.45, 2.75) is 38.6 Å². The van der Waals surface area contributed by atoms with Crippen LogP contribution >= 0.6 is 24.0 Å². The molecule has 0 aliphatic carbocycles. The number of benzene rings is 2. The lowest BCUT2D eigenvalue weighted by molar-refractivity contribution is 0.184. The second-order valence-electron chi connectivity index (χ2n) is 7.26. The monoisotopic (exact) mass is 508 g/mol. The molecule has 0 bridgehead atoms. The number of rotatable bonds is 8. The third-order valence-electron chi connectivity index (χ3n) is 5.32. The van der Waals surface area contributed by atoms with Crippen molar-refractivity contribution >= 4 is 29.9 Å². The van der Waals surface area contributed by atoms with Crippen LogP contribution in [0, 0.1) is 0 Å². The summed E-state index contributed by atoms with van der Waals surface area (Å²) < 4.78 is 5.30. The van der Waals surface area contributed by atoms with E-state index in [1.165, 1.54) is 29.5 Å². The molecular formula is C23H33IN4O. The number of nitrogens with zero attached hydrogens (tertiary/aromatic N) is 2. The number of methoxy groups -OCH3 is 1. The van der Waals surface area contributed by atoms with Gasteiger partial charge in [-0.05, 0) is 36.1 Å². The fraction of sp³-hybridized carbons (Fsp3) is 0.435. The van der Waals surface area contributed by atoms with E-state index in [0.29, 0.717) is 12.6 Å². The molecule has 1 unspecified atom stereocenters. The second kappa shape index (κ2) is 12.8. The maximum atomic E-state index is 5.30.